The van der Waals surface area contributed by atoms with Gasteiger partial charge in [-0.25, -0.2) is 4.79 Å². The van der Waals surface area contributed by atoms with E-state index >= 15 is 0 Å². The molecule has 152 valence electrons. The van der Waals surface area contributed by atoms with E-state index in [1.807, 2.05) is 39.0 Å². The zero-order valence-electron chi connectivity index (χ0n) is 17.2. The van der Waals surface area contributed by atoms with Crippen molar-refractivity contribution < 1.29 is 23.7 Å². The minimum atomic E-state index is -0.355. The average Bonchev–Trinajstić information content (AvgIpc) is 2.66. The number of carbonyl (C=O) groups is 1. The second-order valence-electron chi connectivity index (χ2n) is 6.45. The molecule has 7 nitrogen and oxygen atoms in total. The molecule has 2 rings (SSSR count). The van der Waals surface area contributed by atoms with Gasteiger partial charge < -0.3 is 29.6 Å². The number of hydrogen-bond acceptors (Lipinski definition) is 5. The maximum absolute atomic E-state index is 12.3. The topological polar surface area (TPSA) is 78.1 Å². The number of urea groups is 1. The normalized spacial score (nSPS) is 11.4. The maximum atomic E-state index is 12.3. The second kappa shape index (κ2) is 9.73. The fourth-order valence-electron chi connectivity index (χ4n) is 2.82. The number of benzene rings is 2. The smallest absolute Gasteiger partial charge is 0.319 e. The molecule has 1 unspecified atom stereocenters. The second-order valence-corrected chi connectivity index (χ2v) is 6.45. The molecule has 0 aliphatic heterocycles. The molecular weight excluding hydrogens is 360 g/mol. The lowest BCUT2D eigenvalue weighted by molar-refractivity contribution is 0.236. The van der Waals surface area contributed by atoms with Crippen LogP contribution in [0.4, 0.5) is 10.5 Å². The van der Waals surface area contributed by atoms with Crippen molar-refractivity contribution in [2.75, 3.05) is 33.3 Å². The van der Waals surface area contributed by atoms with Gasteiger partial charge in [-0.15, -0.1) is 0 Å². The van der Waals surface area contributed by atoms with E-state index in [2.05, 4.69) is 10.6 Å². The van der Waals surface area contributed by atoms with Crippen molar-refractivity contribution in [3.63, 3.8) is 0 Å². The van der Waals surface area contributed by atoms with Crippen LogP contribution in [-0.2, 0) is 0 Å². The third-order valence-electron chi connectivity index (χ3n) is 4.19. The van der Waals surface area contributed by atoms with E-state index in [-0.39, 0.29) is 12.1 Å². The van der Waals surface area contributed by atoms with E-state index in [0.717, 1.165) is 16.9 Å². The summed E-state index contributed by atoms with van der Waals surface area (Å²) in [6.45, 7) is 6.23. The van der Waals surface area contributed by atoms with Crippen LogP contribution in [0.1, 0.15) is 18.1 Å². The van der Waals surface area contributed by atoms with Crippen LogP contribution in [0.3, 0.4) is 0 Å². The van der Waals surface area contributed by atoms with Crippen LogP contribution >= 0.6 is 0 Å². The molecule has 1 atom stereocenters. The summed E-state index contributed by atoms with van der Waals surface area (Å²) in [6.07, 6.45) is 0. The predicted octanol–water partition coefficient (Wildman–Crippen LogP) is 3.92. The molecular formula is C21H28N2O5. The molecule has 0 aliphatic rings. The Balaban J connectivity index is 1.98. The summed E-state index contributed by atoms with van der Waals surface area (Å²) in [7, 11) is 4.57. The van der Waals surface area contributed by atoms with Crippen LogP contribution in [0, 0.1) is 13.8 Å². The predicted molar refractivity (Wildman–Crippen MR) is 109 cm³/mol. The molecule has 0 bridgehead atoms. The molecule has 0 heterocycles. The fraction of sp³-hybridized carbons (Fsp3) is 0.381. The van der Waals surface area contributed by atoms with Gasteiger partial charge >= 0.3 is 6.03 Å². The Hall–Kier alpha value is -3.09. The standard InChI is InChI=1S/C21H28N2O5/c1-13-8-7-9-14(2)19(13)28-12-15(3)22-21(24)23-16-10-17(25-4)20(27-6)18(11-16)26-5/h7-11,15H,12H2,1-6H3,(H2,22,23,24). The van der Waals surface area contributed by atoms with Gasteiger partial charge in [-0.1, -0.05) is 18.2 Å². The van der Waals surface area contributed by atoms with Gasteiger partial charge in [-0.2, -0.15) is 0 Å². The first kappa shape index (κ1) is 21.2. The summed E-state index contributed by atoms with van der Waals surface area (Å²) in [4.78, 5) is 12.3. The SMILES string of the molecule is COc1cc(NC(=O)NC(C)COc2c(C)cccc2C)cc(OC)c1OC. The molecule has 0 aromatic heterocycles. The Morgan fingerprint density at radius 1 is 0.964 bits per heavy atom. The number of para-hydroxylation sites is 1. The molecule has 0 saturated carbocycles. The number of carbonyl (C=O) groups excluding carboxylic acids is 1. The maximum Gasteiger partial charge on any atom is 0.319 e. The van der Waals surface area contributed by atoms with Crippen LogP contribution in [0.5, 0.6) is 23.0 Å². The summed E-state index contributed by atoms with van der Waals surface area (Å²) >= 11 is 0. The molecule has 0 fully saturated rings. The highest BCUT2D eigenvalue weighted by Crippen LogP contribution is 2.39. The van der Waals surface area contributed by atoms with Crippen molar-refractivity contribution >= 4 is 11.7 Å². The van der Waals surface area contributed by atoms with Crippen molar-refractivity contribution in [3.05, 3.63) is 41.5 Å². The Bertz CT molecular complexity index is 777. The largest absolute Gasteiger partial charge is 0.493 e. The van der Waals surface area contributed by atoms with E-state index in [4.69, 9.17) is 18.9 Å². The average molecular weight is 388 g/mol. The first-order valence-electron chi connectivity index (χ1n) is 8.96. The van der Waals surface area contributed by atoms with E-state index < -0.39 is 0 Å². The van der Waals surface area contributed by atoms with E-state index in [0.29, 0.717) is 29.5 Å². The van der Waals surface area contributed by atoms with Gasteiger partial charge in [0.1, 0.15) is 12.4 Å². The van der Waals surface area contributed by atoms with Crippen molar-refractivity contribution in [2.45, 2.75) is 26.8 Å². The van der Waals surface area contributed by atoms with E-state index in [1.54, 1.807) is 12.1 Å². The molecule has 7 heteroatoms. The van der Waals surface area contributed by atoms with E-state index in [1.165, 1.54) is 21.3 Å². The summed E-state index contributed by atoms with van der Waals surface area (Å²) in [5.41, 5.74) is 2.65. The molecule has 2 N–H and O–H groups in total. The number of hydrogen-bond donors (Lipinski definition) is 2. The number of aryl methyl sites for hydroxylation is 2. The first-order chi connectivity index (χ1) is 13.4. The molecule has 0 saturated heterocycles. The minimum Gasteiger partial charge on any atom is -0.493 e. The molecule has 2 aromatic rings. The zero-order chi connectivity index (χ0) is 20.7. The zero-order valence-corrected chi connectivity index (χ0v) is 17.2. The Morgan fingerprint density at radius 2 is 1.54 bits per heavy atom. The lowest BCUT2D eigenvalue weighted by Crippen LogP contribution is -2.39. The van der Waals surface area contributed by atoms with Crippen molar-refractivity contribution in [1.82, 2.24) is 5.32 Å². The number of methoxy groups -OCH3 is 3. The van der Waals surface area contributed by atoms with Crippen molar-refractivity contribution in [3.8, 4) is 23.0 Å². The highest BCUT2D eigenvalue weighted by atomic mass is 16.5. The van der Waals surface area contributed by atoms with E-state index in [9.17, 15) is 4.79 Å². The number of anilines is 1. The van der Waals surface area contributed by atoms with Crippen LogP contribution < -0.4 is 29.6 Å². The molecule has 28 heavy (non-hydrogen) atoms. The monoisotopic (exact) mass is 388 g/mol. The van der Waals surface area contributed by atoms with Crippen LogP contribution in [0.15, 0.2) is 30.3 Å². The van der Waals surface area contributed by atoms with Crippen LogP contribution in [-0.4, -0.2) is 40.0 Å². The fourth-order valence-corrected chi connectivity index (χ4v) is 2.82. The van der Waals surface area contributed by atoms with Gasteiger partial charge in [0.15, 0.2) is 11.5 Å². The van der Waals surface area contributed by atoms with Gasteiger partial charge in [0.2, 0.25) is 5.75 Å². The first-order valence-corrected chi connectivity index (χ1v) is 8.96. The molecule has 0 spiro atoms. The number of rotatable bonds is 8. The molecule has 0 aliphatic carbocycles. The highest BCUT2D eigenvalue weighted by molar-refractivity contribution is 5.90. The highest BCUT2D eigenvalue weighted by Gasteiger charge is 2.15. The summed E-state index contributed by atoms with van der Waals surface area (Å²) in [6, 6.07) is 8.77. The third kappa shape index (κ3) is 5.22. The van der Waals surface area contributed by atoms with Crippen LogP contribution in [0.25, 0.3) is 0 Å². The quantitative estimate of drug-likeness (QED) is 0.717. The number of nitrogens with one attached hydrogen (secondary N) is 2. The lowest BCUT2D eigenvalue weighted by Gasteiger charge is -2.18. The van der Waals surface area contributed by atoms with Gasteiger partial charge in [0.25, 0.3) is 0 Å². The number of ether oxygens (including phenoxy) is 4. The van der Waals surface area contributed by atoms with Gasteiger partial charge in [0.05, 0.1) is 33.1 Å². The molecule has 2 amide bonds. The van der Waals surface area contributed by atoms with Gasteiger partial charge in [-0.05, 0) is 31.9 Å². The Kier molecular flexibility index (Phi) is 7.37. The Morgan fingerprint density at radius 3 is 2.04 bits per heavy atom. The summed E-state index contributed by atoms with van der Waals surface area (Å²) in [5, 5.41) is 5.63. The van der Waals surface area contributed by atoms with Gasteiger partial charge in [-0.3, -0.25) is 0 Å². The number of amides is 2. The minimum absolute atomic E-state index is 0.193. The Labute approximate surface area is 165 Å². The summed E-state index contributed by atoms with van der Waals surface area (Å²) in [5.74, 6) is 2.24. The lowest BCUT2D eigenvalue weighted by atomic mass is 10.1. The third-order valence-corrected chi connectivity index (χ3v) is 4.19. The van der Waals surface area contributed by atoms with Gasteiger partial charge in [0, 0.05) is 12.1 Å². The molecule has 2 aromatic carbocycles. The molecule has 0 radical (unpaired) electrons. The van der Waals surface area contributed by atoms with Crippen molar-refractivity contribution in [2.24, 2.45) is 0 Å². The summed E-state index contributed by atoms with van der Waals surface area (Å²) < 4.78 is 21.8. The van der Waals surface area contributed by atoms with Crippen LogP contribution in [0.2, 0.25) is 0 Å². The van der Waals surface area contributed by atoms with Crippen molar-refractivity contribution in [1.29, 1.82) is 0 Å².